The second-order valence-electron chi connectivity index (χ2n) is 2.73. The molecule has 11 heavy (non-hydrogen) atoms. The maximum Gasteiger partial charge on any atom is 0.0999 e. The van der Waals surface area contributed by atoms with Crippen LogP contribution in [0.25, 0.3) is 0 Å². The first-order valence-corrected chi connectivity index (χ1v) is 3.77. The van der Waals surface area contributed by atoms with Crippen molar-refractivity contribution in [1.29, 1.82) is 0 Å². The Balaban J connectivity index is 2.51. The van der Waals surface area contributed by atoms with Crippen molar-refractivity contribution in [2.75, 3.05) is 0 Å². The second-order valence-corrected chi connectivity index (χ2v) is 2.73. The summed E-state index contributed by atoms with van der Waals surface area (Å²) in [6.07, 6.45) is 1.93. The smallest absolute Gasteiger partial charge is 0.0999 e. The predicted octanol–water partition coefficient (Wildman–Crippen LogP) is 1.62. The first-order valence-electron chi connectivity index (χ1n) is 3.77. The lowest BCUT2D eigenvalue weighted by molar-refractivity contribution is 0.996. The third-order valence-electron chi connectivity index (χ3n) is 1.91. The van der Waals surface area contributed by atoms with Crippen LogP contribution < -0.4 is 5.73 Å². The van der Waals surface area contributed by atoms with E-state index in [9.17, 15) is 0 Å². The fraction of sp³-hybridized carbons (Fsp3) is 0.222. The predicted molar refractivity (Wildman–Crippen MR) is 46.0 cm³/mol. The molecule has 0 spiro atoms. The van der Waals surface area contributed by atoms with Crippen LogP contribution in [0.3, 0.4) is 0 Å². The van der Waals surface area contributed by atoms with Gasteiger partial charge in [0.25, 0.3) is 0 Å². The minimum absolute atomic E-state index is 0.753. The first-order chi connectivity index (χ1) is 5.36. The molecule has 0 aliphatic carbocycles. The molecule has 1 aromatic rings. The molecule has 0 aromatic heterocycles. The van der Waals surface area contributed by atoms with E-state index in [-0.39, 0.29) is 0 Å². The van der Waals surface area contributed by atoms with Crippen LogP contribution in [-0.2, 0) is 6.42 Å². The van der Waals surface area contributed by atoms with Gasteiger partial charge in [0, 0.05) is 6.42 Å². The van der Waals surface area contributed by atoms with Crippen molar-refractivity contribution in [1.82, 2.24) is 0 Å². The zero-order valence-corrected chi connectivity index (χ0v) is 6.25. The van der Waals surface area contributed by atoms with Crippen LogP contribution in [0.1, 0.15) is 12.0 Å². The molecule has 2 heteroatoms. The van der Waals surface area contributed by atoms with Crippen molar-refractivity contribution in [3.05, 3.63) is 29.8 Å². The summed E-state index contributed by atoms with van der Waals surface area (Å²) in [7, 11) is 0. The molecule has 0 amide bonds. The van der Waals surface area contributed by atoms with Crippen molar-refractivity contribution >= 4 is 11.5 Å². The first kappa shape index (κ1) is 6.40. The topological polar surface area (TPSA) is 38.4 Å². The van der Waals surface area contributed by atoms with E-state index in [4.69, 9.17) is 5.73 Å². The molecule has 56 valence electrons. The number of aryl methyl sites for hydroxylation is 1. The van der Waals surface area contributed by atoms with Gasteiger partial charge in [0.05, 0.1) is 11.5 Å². The number of hydrogen-bond acceptors (Lipinski definition) is 2. The molecule has 2 rings (SSSR count). The summed E-state index contributed by atoms with van der Waals surface area (Å²) in [6.45, 7) is 0. The van der Waals surface area contributed by atoms with E-state index in [0.29, 0.717) is 0 Å². The molecule has 2 N–H and O–H groups in total. The second kappa shape index (κ2) is 2.38. The van der Waals surface area contributed by atoms with E-state index in [1.807, 2.05) is 18.2 Å². The van der Waals surface area contributed by atoms with E-state index in [0.717, 1.165) is 24.4 Å². The Kier molecular flexibility index (Phi) is 1.39. The standard InChI is InChI=1S/C9H10N2/c10-9-6-5-7-3-1-2-4-8(7)11-9/h1-4H,5-6H2,(H2,10,11). The highest BCUT2D eigenvalue weighted by Crippen LogP contribution is 2.23. The number of nitrogens with zero attached hydrogens (tertiary/aromatic N) is 1. The summed E-state index contributed by atoms with van der Waals surface area (Å²) in [5, 5.41) is 0. The van der Waals surface area contributed by atoms with E-state index < -0.39 is 0 Å². The molecule has 1 aromatic carbocycles. The van der Waals surface area contributed by atoms with Gasteiger partial charge >= 0.3 is 0 Å². The van der Waals surface area contributed by atoms with E-state index in [1.165, 1.54) is 5.56 Å². The van der Waals surface area contributed by atoms with Gasteiger partial charge in [-0.15, -0.1) is 0 Å². The van der Waals surface area contributed by atoms with E-state index in [1.54, 1.807) is 0 Å². The molecule has 1 aliphatic rings. The summed E-state index contributed by atoms with van der Waals surface area (Å²) in [5.74, 6) is 0.753. The molecule has 0 saturated heterocycles. The molecule has 1 heterocycles. The van der Waals surface area contributed by atoms with Gasteiger partial charge in [-0.2, -0.15) is 0 Å². The molecule has 2 nitrogen and oxygen atoms in total. The fourth-order valence-corrected chi connectivity index (χ4v) is 1.30. The number of hydrogen-bond donors (Lipinski definition) is 1. The Morgan fingerprint density at radius 2 is 2.00 bits per heavy atom. The number of fused-ring (bicyclic) bond motifs is 1. The SMILES string of the molecule is NC1=Nc2ccccc2CC1. The highest BCUT2D eigenvalue weighted by Gasteiger charge is 2.07. The van der Waals surface area contributed by atoms with Crippen LogP contribution in [-0.4, -0.2) is 5.84 Å². The average molecular weight is 146 g/mol. The van der Waals surface area contributed by atoms with Gasteiger partial charge in [0.2, 0.25) is 0 Å². The summed E-state index contributed by atoms with van der Waals surface area (Å²) < 4.78 is 0. The number of rotatable bonds is 0. The van der Waals surface area contributed by atoms with E-state index >= 15 is 0 Å². The molecule has 0 atom stereocenters. The Morgan fingerprint density at radius 3 is 2.91 bits per heavy atom. The molecular weight excluding hydrogens is 136 g/mol. The Labute approximate surface area is 65.8 Å². The molecule has 0 bridgehead atoms. The maximum atomic E-state index is 5.60. The highest BCUT2D eigenvalue weighted by atomic mass is 14.9. The van der Waals surface area contributed by atoms with Gasteiger partial charge < -0.3 is 5.73 Å². The molecule has 0 saturated carbocycles. The van der Waals surface area contributed by atoms with Crippen LogP contribution >= 0.6 is 0 Å². The van der Waals surface area contributed by atoms with E-state index in [2.05, 4.69) is 11.1 Å². The highest BCUT2D eigenvalue weighted by molar-refractivity contribution is 5.85. The number of aliphatic imine (C=N–C) groups is 1. The fourth-order valence-electron chi connectivity index (χ4n) is 1.30. The lowest BCUT2D eigenvalue weighted by atomic mass is 10.0. The number of nitrogens with two attached hydrogens (primary N) is 1. The normalized spacial score (nSPS) is 15.5. The molecular formula is C9H10N2. The Hall–Kier alpha value is -1.31. The molecule has 1 aliphatic heterocycles. The average Bonchev–Trinajstić information content (AvgIpc) is 2.04. The van der Waals surface area contributed by atoms with Gasteiger partial charge in [-0.05, 0) is 18.1 Å². The summed E-state index contributed by atoms with van der Waals surface area (Å²) >= 11 is 0. The Morgan fingerprint density at radius 1 is 1.18 bits per heavy atom. The van der Waals surface area contributed by atoms with Crippen LogP contribution in [0.4, 0.5) is 5.69 Å². The molecule has 0 fully saturated rings. The largest absolute Gasteiger partial charge is 0.387 e. The lowest BCUT2D eigenvalue weighted by Gasteiger charge is -2.11. The van der Waals surface area contributed by atoms with Gasteiger partial charge in [0.15, 0.2) is 0 Å². The summed E-state index contributed by atoms with van der Waals surface area (Å²) in [6, 6.07) is 8.13. The van der Waals surface area contributed by atoms with Crippen molar-refractivity contribution in [3.63, 3.8) is 0 Å². The molecule has 0 unspecified atom stereocenters. The minimum Gasteiger partial charge on any atom is -0.387 e. The third kappa shape index (κ3) is 1.11. The van der Waals surface area contributed by atoms with Gasteiger partial charge in [0.1, 0.15) is 0 Å². The lowest BCUT2D eigenvalue weighted by Crippen LogP contribution is -2.15. The number of benzene rings is 1. The number of para-hydroxylation sites is 1. The summed E-state index contributed by atoms with van der Waals surface area (Å²) in [4.78, 5) is 4.24. The van der Waals surface area contributed by atoms with Crippen molar-refractivity contribution < 1.29 is 0 Å². The van der Waals surface area contributed by atoms with Crippen LogP contribution in [0.2, 0.25) is 0 Å². The van der Waals surface area contributed by atoms with Crippen molar-refractivity contribution in [2.45, 2.75) is 12.8 Å². The zero-order chi connectivity index (χ0) is 7.68. The Bertz CT molecular complexity index is 302. The van der Waals surface area contributed by atoms with Gasteiger partial charge in [-0.25, -0.2) is 4.99 Å². The third-order valence-corrected chi connectivity index (χ3v) is 1.91. The molecule has 0 radical (unpaired) electrons. The van der Waals surface area contributed by atoms with Gasteiger partial charge in [-0.1, -0.05) is 18.2 Å². The summed E-state index contributed by atoms with van der Waals surface area (Å²) in [5.41, 5.74) is 7.94. The van der Waals surface area contributed by atoms with Gasteiger partial charge in [-0.3, -0.25) is 0 Å². The quantitative estimate of drug-likeness (QED) is 0.593. The van der Waals surface area contributed by atoms with Crippen LogP contribution in [0, 0.1) is 0 Å². The van der Waals surface area contributed by atoms with Crippen molar-refractivity contribution in [2.24, 2.45) is 10.7 Å². The minimum atomic E-state index is 0.753. The van der Waals surface area contributed by atoms with Crippen molar-refractivity contribution in [3.8, 4) is 0 Å². The van der Waals surface area contributed by atoms with Crippen LogP contribution in [0.15, 0.2) is 29.3 Å². The monoisotopic (exact) mass is 146 g/mol. The number of amidine groups is 1. The zero-order valence-electron chi connectivity index (χ0n) is 6.25. The van der Waals surface area contributed by atoms with Crippen LogP contribution in [0.5, 0.6) is 0 Å². The maximum absolute atomic E-state index is 5.60.